The van der Waals surface area contributed by atoms with E-state index in [1.165, 1.54) is 0 Å². The lowest BCUT2D eigenvalue weighted by Crippen LogP contribution is -2.40. The van der Waals surface area contributed by atoms with Crippen LogP contribution >= 0.6 is 0 Å². The Morgan fingerprint density at radius 3 is 2.56 bits per heavy atom. The van der Waals surface area contributed by atoms with Crippen LogP contribution in [0.15, 0.2) is 53.3 Å². The SMILES string of the molecule is CCCCN(C(=O)C1CCCC1)C(C)c1nc2ccccc2c(=O)n1-c1ccccc1OCC. The lowest BCUT2D eigenvalue weighted by atomic mass is 10.0. The Morgan fingerprint density at radius 1 is 1.12 bits per heavy atom. The zero-order valence-corrected chi connectivity index (χ0v) is 20.5. The molecule has 1 atom stereocenters. The van der Waals surface area contributed by atoms with Gasteiger partial charge in [0.25, 0.3) is 5.56 Å². The van der Waals surface area contributed by atoms with Crippen molar-refractivity contribution in [3.63, 3.8) is 0 Å². The molecule has 1 aliphatic carbocycles. The summed E-state index contributed by atoms with van der Waals surface area (Å²) in [6.07, 6.45) is 6.00. The average Bonchev–Trinajstić information content (AvgIpc) is 3.40. The van der Waals surface area contributed by atoms with E-state index in [4.69, 9.17) is 9.72 Å². The summed E-state index contributed by atoms with van der Waals surface area (Å²) < 4.78 is 7.53. The first kappa shape index (κ1) is 24.0. The summed E-state index contributed by atoms with van der Waals surface area (Å²) in [6.45, 7) is 7.20. The van der Waals surface area contributed by atoms with Crippen molar-refractivity contribution in [3.05, 3.63) is 64.7 Å². The minimum atomic E-state index is -0.355. The maximum absolute atomic E-state index is 13.8. The van der Waals surface area contributed by atoms with Crippen LogP contribution in [0, 0.1) is 5.92 Å². The number of benzene rings is 2. The Balaban J connectivity index is 1.90. The molecule has 1 aliphatic rings. The quantitative estimate of drug-likeness (QED) is 0.412. The molecular weight excluding hydrogens is 426 g/mol. The van der Waals surface area contributed by atoms with E-state index in [9.17, 15) is 9.59 Å². The van der Waals surface area contributed by atoms with Crippen LogP contribution in [0.3, 0.4) is 0 Å². The van der Waals surface area contributed by atoms with Gasteiger partial charge in [-0.25, -0.2) is 4.98 Å². The smallest absolute Gasteiger partial charge is 0.266 e. The number of unbranched alkanes of at least 4 members (excludes halogenated alkanes) is 1. The summed E-state index contributed by atoms with van der Waals surface area (Å²) in [7, 11) is 0. The van der Waals surface area contributed by atoms with Crippen LogP contribution < -0.4 is 10.3 Å². The van der Waals surface area contributed by atoms with Gasteiger partial charge in [0, 0.05) is 12.5 Å². The number of fused-ring (bicyclic) bond motifs is 1. The van der Waals surface area contributed by atoms with Gasteiger partial charge >= 0.3 is 0 Å². The number of rotatable bonds is 9. The van der Waals surface area contributed by atoms with E-state index in [1.54, 1.807) is 10.6 Å². The fourth-order valence-electron chi connectivity index (χ4n) is 4.95. The molecule has 0 N–H and O–H groups in total. The second-order valence-electron chi connectivity index (χ2n) is 9.07. The van der Waals surface area contributed by atoms with Gasteiger partial charge < -0.3 is 9.64 Å². The summed E-state index contributed by atoms with van der Waals surface area (Å²) in [6, 6.07) is 14.6. The molecule has 1 aromatic heterocycles. The second-order valence-corrected chi connectivity index (χ2v) is 9.07. The van der Waals surface area contributed by atoms with E-state index in [-0.39, 0.29) is 23.4 Å². The summed E-state index contributed by atoms with van der Waals surface area (Å²) in [4.78, 5) is 34.4. The van der Waals surface area contributed by atoms with Crippen LogP contribution in [-0.4, -0.2) is 33.5 Å². The molecule has 0 radical (unpaired) electrons. The first-order valence-electron chi connectivity index (χ1n) is 12.6. The second kappa shape index (κ2) is 10.9. The number of carbonyl (C=O) groups is 1. The third-order valence-electron chi connectivity index (χ3n) is 6.79. The van der Waals surface area contributed by atoms with Gasteiger partial charge in [-0.1, -0.05) is 50.5 Å². The van der Waals surface area contributed by atoms with Crippen molar-refractivity contribution in [1.29, 1.82) is 0 Å². The van der Waals surface area contributed by atoms with Crippen molar-refractivity contribution in [2.45, 2.75) is 65.3 Å². The average molecular weight is 462 g/mol. The molecule has 1 heterocycles. The van der Waals surface area contributed by atoms with Crippen LogP contribution in [0.4, 0.5) is 0 Å². The van der Waals surface area contributed by atoms with Gasteiger partial charge in [0.1, 0.15) is 11.6 Å². The van der Waals surface area contributed by atoms with Crippen LogP contribution in [0.5, 0.6) is 5.75 Å². The van der Waals surface area contributed by atoms with Crippen LogP contribution in [-0.2, 0) is 4.79 Å². The zero-order valence-electron chi connectivity index (χ0n) is 20.5. The van der Waals surface area contributed by atoms with E-state index >= 15 is 0 Å². The molecule has 6 heteroatoms. The Morgan fingerprint density at radius 2 is 1.82 bits per heavy atom. The van der Waals surface area contributed by atoms with Crippen molar-refractivity contribution >= 4 is 16.8 Å². The van der Waals surface area contributed by atoms with Gasteiger partial charge in [0.2, 0.25) is 5.91 Å². The van der Waals surface area contributed by atoms with Crippen molar-refractivity contribution < 1.29 is 9.53 Å². The molecule has 0 spiro atoms. The van der Waals surface area contributed by atoms with Crippen molar-refractivity contribution in [3.8, 4) is 11.4 Å². The predicted molar refractivity (Wildman–Crippen MR) is 136 cm³/mol. The highest BCUT2D eigenvalue weighted by Gasteiger charge is 2.32. The van der Waals surface area contributed by atoms with Gasteiger partial charge in [-0.2, -0.15) is 0 Å². The van der Waals surface area contributed by atoms with Crippen LogP contribution in [0.2, 0.25) is 0 Å². The van der Waals surface area contributed by atoms with Crippen molar-refractivity contribution in [1.82, 2.24) is 14.5 Å². The lowest BCUT2D eigenvalue weighted by Gasteiger charge is -2.32. The van der Waals surface area contributed by atoms with Crippen molar-refractivity contribution in [2.24, 2.45) is 5.92 Å². The highest BCUT2D eigenvalue weighted by Crippen LogP contribution is 2.32. The molecule has 2 aromatic carbocycles. The zero-order chi connectivity index (χ0) is 24.1. The normalized spacial score (nSPS) is 14.9. The predicted octanol–water partition coefficient (Wildman–Crippen LogP) is 5.66. The van der Waals surface area contributed by atoms with Gasteiger partial charge in [-0.3, -0.25) is 14.2 Å². The largest absolute Gasteiger partial charge is 0.492 e. The molecule has 1 amide bonds. The van der Waals surface area contributed by atoms with Crippen LogP contribution in [0.1, 0.15) is 71.2 Å². The minimum Gasteiger partial charge on any atom is -0.492 e. The van der Waals surface area contributed by atoms with E-state index < -0.39 is 0 Å². The number of ether oxygens (including phenoxy) is 1. The molecule has 3 aromatic rings. The van der Waals surface area contributed by atoms with E-state index in [1.807, 2.05) is 61.2 Å². The fourth-order valence-corrected chi connectivity index (χ4v) is 4.95. The monoisotopic (exact) mass is 461 g/mol. The first-order chi connectivity index (χ1) is 16.6. The van der Waals surface area contributed by atoms with Gasteiger partial charge in [0.05, 0.1) is 29.2 Å². The molecule has 1 saturated carbocycles. The number of carbonyl (C=O) groups excluding carboxylic acids is 1. The summed E-state index contributed by atoms with van der Waals surface area (Å²) in [5, 5.41) is 0.548. The van der Waals surface area contributed by atoms with Crippen molar-refractivity contribution in [2.75, 3.05) is 13.2 Å². The highest BCUT2D eigenvalue weighted by atomic mass is 16.5. The standard InChI is InChI=1S/C28H35N3O3/c1-4-6-19-30(27(32)21-13-7-8-14-21)20(3)26-29-23-16-10-9-15-22(23)28(33)31(26)24-17-11-12-18-25(24)34-5-2/h9-12,15-18,20-21H,4-8,13-14,19H2,1-3H3. The summed E-state index contributed by atoms with van der Waals surface area (Å²) in [5.41, 5.74) is 1.14. The van der Waals surface area contributed by atoms with Gasteiger partial charge in [-0.05, 0) is 57.4 Å². The maximum Gasteiger partial charge on any atom is 0.266 e. The number of nitrogens with zero attached hydrogens (tertiary/aromatic N) is 3. The number of hydrogen-bond donors (Lipinski definition) is 0. The molecule has 0 bridgehead atoms. The molecule has 0 saturated heterocycles. The molecule has 6 nitrogen and oxygen atoms in total. The Labute approximate surface area is 201 Å². The molecule has 1 unspecified atom stereocenters. The molecule has 180 valence electrons. The Kier molecular flexibility index (Phi) is 7.66. The molecule has 4 rings (SSSR count). The third-order valence-corrected chi connectivity index (χ3v) is 6.79. The third kappa shape index (κ3) is 4.72. The Bertz CT molecular complexity index is 1200. The molecular formula is C28H35N3O3. The molecule has 34 heavy (non-hydrogen) atoms. The minimum absolute atomic E-state index is 0.0654. The number of hydrogen-bond acceptors (Lipinski definition) is 4. The summed E-state index contributed by atoms with van der Waals surface area (Å²) >= 11 is 0. The topological polar surface area (TPSA) is 64.4 Å². The Hall–Kier alpha value is -3.15. The number of aromatic nitrogens is 2. The highest BCUT2D eigenvalue weighted by molar-refractivity contribution is 5.80. The maximum atomic E-state index is 13.8. The lowest BCUT2D eigenvalue weighted by molar-refractivity contribution is -0.137. The fraction of sp³-hybridized carbons (Fsp3) is 0.464. The van der Waals surface area contributed by atoms with E-state index in [0.29, 0.717) is 41.3 Å². The van der Waals surface area contributed by atoms with E-state index in [0.717, 1.165) is 38.5 Å². The molecule has 0 aliphatic heterocycles. The number of amides is 1. The summed E-state index contributed by atoms with van der Waals surface area (Å²) in [5.74, 6) is 1.44. The van der Waals surface area contributed by atoms with Gasteiger partial charge in [0.15, 0.2) is 0 Å². The number of para-hydroxylation sites is 3. The first-order valence-corrected chi connectivity index (χ1v) is 12.6. The van der Waals surface area contributed by atoms with E-state index in [2.05, 4.69) is 6.92 Å². The van der Waals surface area contributed by atoms with Gasteiger partial charge in [-0.15, -0.1) is 0 Å². The van der Waals surface area contributed by atoms with Crippen LogP contribution in [0.25, 0.3) is 16.6 Å². The molecule has 1 fully saturated rings.